The maximum atomic E-state index is 12.1. The normalized spacial score (nSPS) is 9.95. The largest absolute Gasteiger partial charge is 0.508 e. The molecule has 0 aliphatic carbocycles. The van der Waals surface area contributed by atoms with Crippen LogP contribution in [0, 0.1) is 0 Å². The van der Waals surface area contributed by atoms with Crippen LogP contribution in [0.3, 0.4) is 0 Å². The fourth-order valence-electron chi connectivity index (χ4n) is 1.69. The third-order valence-corrected chi connectivity index (χ3v) is 2.81. The number of aromatic nitrogens is 1. The molecule has 7 nitrogen and oxygen atoms in total. The number of hydrogen-bond donors (Lipinski definition) is 3. The van der Waals surface area contributed by atoms with Gasteiger partial charge in [-0.2, -0.15) is 0 Å². The molecule has 2 rings (SSSR count). The molecule has 2 aromatic rings. The van der Waals surface area contributed by atoms with Gasteiger partial charge in [0, 0.05) is 13.2 Å². The van der Waals surface area contributed by atoms with E-state index >= 15 is 0 Å². The summed E-state index contributed by atoms with van der Waals surface area (Å²) in [4.78, 5) is 28.4. The van der Waals surface area contributed by atoms with Gasteiger partial charge in [0.2, 0.25) is 0 Å². The summed E-state index contributed by atoms with van der Waals surface area (Å²) in [6.07, 6.45) is 3.09. The smallest absolute Gasteiger partial charge is 0.337 e. The number of phenols is 1. The predicted octanol–water partition coefficient (Wildman–Crippen LogP) is 2.15. The van der Waals surface area contributed by atoms with E-state index in [9.17, 15) is 14.7 Å². The summed E-state index contributed by atoms with van der Waals surface area (Å²) in [7, 11) is 1.53. The van der Waals surface area contributed by atoms with Gasteiger partial charge >= 0.3 is 12.0 Å². The minimum absolute atomic E-state index is 0.0982. The Labute approximate surface area is 120 Å². The van der Waals surface area contributed by atoms with Gasteiger partial charge in [-0.25, -0.2) is 9.59 Å². The Morgan fingerprint density at radius 2 is 2.05 bits per heavy atom. The number of aromatic carboxylic acids is 1. The molecule has 1 aromatic carbocycles. The second kappa shape index (κ2) is 5.91. The first-order valence-corrected chi connectivity index (χ1v) is 6.00. The van der Waals surface area contributed by atoms with Gasteiger partial charge in [0.25, 0.3) is 0 Å². The molecular weight excluding hydrogens is 274 g/mol. The van der Waals surface area contributed by atoms with Crippen molar-refractivity contribution in [1.82, 2.24) is 4.98 Å². The number of carboxylic acid groups (broad SMARTS) is 1. The predicted molar refractivity (Wildman–Crippen MR) is 76.7 cm³/mol. The molecule has 0 saturated heterocycles. The minimum atomic E-state index is -1.25. The van der Waals surface area contributed by atoms with Crippen molar-refractivity contribution in [1.29, 1.82) is 0 Å². The zero-order valence-corrected chi connectivity index (χ0v) is 11.1. The monoisotopic (exact) mass is 287 g/mol. The summed E-state index contributed by atoms with van der Waals surface area (Å²) in [5.74, 6) is -1.43. The molecule has 0 radical (unpaired) electrons. The highest BCUT2D eigenvalue weighted by Gasteiger charge is 2.16. The molecule has 0 atom stereocenters. The number of rotatable bonds is 3. The molecule has 0 fully saturated rings. The molecule has 0 bridgehead atoms. The first-order valence-electron chi connectivity index (χ1n) is 6.00. The molecule has 0 aliphatic rings. The third kappa shape index (κ3) is 3.27. The Bertz CT molecular complexity index is 673. The van der Waals surface area contributed by atoms with Gasteiger partial charge in [-0.15, -0.1) is 0 Å². The number of amides is 2. The summed E-state index contributed by atoms with van der Waals surface area (Å²) in [6, 6.07) is 6.56. The molecule has 0 aliphatic heterocycles. The number of carbonyl (C=O) groups excluding carboxylic acids is 1. The van der Waals surface area contributed by atoms with Crippen LogP contribution in [0.1, 0.15) is 10.4 Å². The molecule has 3 N–H and O–H groups in total. The SMILES string of the molecule is CN(C(=O)Nc1ccc(O)cc1C(=O)O)c1cccnc1. The van der Waals surface area contributed by atoms with Gasteiger partial charge in [0.1, 0.15) is 5.75 Å². The van der Waals surface area contributed by atoms with E-state index in [1.54, 1.807) is 18.3 Å². The van der Waals surface area contributed by atoms with Gasteiger partial charge in [-0.1, -0.05) is 0 Å². The van der Waals surface area contributed by atoms with Crippen LogP contribution in [0.5, 0.6) is 5.75 Å². The molecule has 1 aromatic heterocycles. The zero-order valence-electron chi connectivity index (χ0n) is 11.1. The Kier molecular flexibility index (Phi) is 4.03. The number of nitrogens with one attached hydrogen (secondary N) is 1. The number of nitrogens with zero attached hydrogens (tertiary/aromatic N) is 2. The fraction of sp³-hybridized carbons (Fsp3) is 0.0714. The van der Waals surface area contributed by atoms with Crippen LogP contribution in [0.15, 0.2) is 42.7 Å². The Morgan fingerprint density at radius 1 is 1.29 bits per heavy atom. The summed E-state index contributed by atoms with van der Waals surface area (Å²) >= 11 is 0. The Hall–Kier alpha value is -3.09. The first kappa shape index (κ1) is 14.3. The van der Waals surface area contributed by atoms with Crippen LogP contribution in [-0.2, 0) is 0 Å². The van der Waals surface area contributed by atoms with Crippen molar-refractivity contribution in [3.63, 3.8) is 0 Å². The molecule has 2 amide bonds. The second-order valence-electron chi connectivity index (χ2n) is 4.24. The molecule has 0 saturated carbocycles. The lowest BCUT2D eigenvalue weighted by molar-refractivity contribution is 0.0697. The molecule has 1 heterocycles. The number of aromatic hydroxyl groups is 1. The van der Waals surface area contributed by atoms with Crippen molar-refractivity contribution in [3.8, 4) is 5.75 Å². The van der Waals surface area contributed by atoms with Crippen LogP contribution >= 0.6 is 0 Å². The van der Waals surface area contributed by atoms with Crippen molar-refractivity contribution in [2.24, 2.45) is 0 Å². The maximum Gasteiger partial charge on any atom is 0.337 e. The molecule has 0 spiro atoms. The van der Waals surface area contributed by atoms with Gasteiger partial charge in [0.05, 0.1) is 23.1 Å². The lowest BCUT2D eigenvalue weighted by Crippen LogP contribution is -2.31. The number of benzene rings is 1. The van der Waals surface area contributed by atoms with Crippen molar-refractivity contribution in [2.45, 2.75) is 0 Å². The third-order valence-electron chi connectivity index (χ3n) is 2.81. The maximum absolute atomic E-state index is 12.1. The van der Waals surface area contributed by atoms with E-state index in [1.165, 1.54) is 30.3 Å². The van der Waals surface area contributed by atoms with Crippen molar-refractivity contribution >= 4 is 23.4 Å². The Balaban J connectivity index is 2.22. The van der Waals surface area contributed by atoms with Crippen LogP contribution < -0.4 is 10.2 Å². The summed E-state index contributed by atoms with van der Waals surface area (Å²) < 4.78 is 0. The van der Waals surface area contributed by atoms with E-state index < -0.39 is 12.0 Å². The van der Waals surface area contributed by atoms with Crippen molar-refractivity contribution in [3.05, 3.63) is 48.3 Å². The van der Waals surface area contributed by atoms with E-state index in [0.717, 1.165) is 6.07 Å². The van der Waals surface area contributed by atoms with Gasteiger partial charge in [-0.3, -0.25) is 9.88 Å². The average molecular weight is 287 g/mol. The number of phenolic OH excluding ortho intramolecular Hbond substituents is 1. The van der Waals surface area contributed by atoms with E-state index in [1.807, 2.05) is 0 Å². The number of carboxylic acids is 1. The van der Waals surface area contributed by atoms with E-state index in [4.69, 9.17) is 5.11 Å². The summed E-state index contributed by atoms with van der Waals surface area (Å²) in [5.41, 5.74) is 0.467. The van der Waals surface area contributed by atoms with Gasteiger partial charge in [0.15, 0.2) is 0 Å². The highest BCUT2D eigenvalue weighted by atomic mass is 16.4. The molecule has 21 heavy (non-hydrogen) atoms. The van der Waals surface area contributed by atoms with Crippen molar-refractivity contribution in [2.75, 3.05) is 17.3 Å². The van der Waals surface area contributed by atoms with E-state index in [-0.39, 0.29) is 17.0 Å². The molecule has 7 heteroatoms. The number of hydrogen-bond acceptors (Lipinski definition) is 4. The quantitative estimate of drug-likeness (QED) is 0.751. The van der Waals surface area contributed by atoms with Crippen LogP contribution in [0.2, 0.25) is 0 Å². The van der Waals surface area contributed by atoms with Crippen LogP contribution in [-0.4, -0.2) is 34.2 Å². The highest BCUT2D eigenvalue weighted by molar-refractivity contribution is 6.05. The average Bonchev–Trinajstić information content (AvgIpc) is 2.49. The summed E-state index contributed by atoms with van der Waals surface area (Å²) in [6.45, 7) is 0. The zero-order chi connectivity index (χ0) is 15.4. The highest BCUT2D eigenvalue weighted by Crippen LogP contribution is 2.22. The van der Waals surface area contributed by atoms with Gasteiger partial charge < -0.3 is 15.5 Å². The Morgan fingerprint density at radius 3 is 2.67 bits per heavy atom. The number of pyridine rings is 1. The standard InChI is InChI=1S/C14H13N3O4/c1-17(9-3-2-6-15-8-9)14(21)16-12-5-4-10(18)7-11(12)13(19)20/h2-8,18H,1H3,(H,16,21)(H,19,20). The first-order chi connectivity index (χ1) is 9.99. The van der Waals surface area contributed by atoms with Crippen LogP contribution in [0.4, 0.5) is 16.2 Å². The number of anilines is 2. The minimum Gasteiger partial charge on any atom is -0.508 e. The summed E-state index contributed by atoms with van der Waals surface area (Å²) in [5, 5.41) is 20.9. The molecular formula is C14H13N3O4. The van der Waals surface area contributed by atoms with E-state index in [0.29, 0.717) is 5.69 Å². The lowest BCUT2D eigenvalue weighted by atomic mass is 10.1. The van der Waals surface area contributed by atoms with Crippen LogP contribution in [0.25, 0.3) is 0 Å². The number of urea groups is 1. The number of carbonyl (C=O) groups is 2. The van der Waals surface area contributed by atoms with E-state index in [2.05, 4.69) is 10.3 Å². The lowest BCUT2D eigenvalue weighted by Gasteiger charge is -2.18. The molecule has 0 unspecified atom stereocenters. The van der Waals surface area contributed by atoms with Gasteiger partial charge in [-0.05, 0) is 30.3 Å². The fourth-order valence-corrected chi connectivity index (χ4v) is 1.69. The molecule has 108 valence electrons. The topological polar surface area (TPSA) is 103 Å². The second-order valence-corrected chi connectivity index (χ2v) is 4.24. The van der Waals surface area contributed by atoms with Crippen molar-refractivity contribution < 1.29 is 19.8 Å².